The molecule has 3 aliphatic heterocycles. The molecular formula is C13H15BrN+. The molecule has 4 bridgehead atoms. The molecule has 1 aliphatic carbocycles. The molecule has 4 fully saturated rings. The second-order valence-electron chi connectivity index (χ2n) is 5.43. The van der Waals surface area contributed by atoms with Crippen LogP contribution in [0.4, 0.5) is 0 Å². The molecule has 0 aromatic heterocycles. The van der Waals surface area contributed by atoms with Crippen LogP contribution in [0.5, 0.6) is 0 Å². The van der Waals surface area contributed by atoms with Gasteiger partial charge in [0.25, 0.3) is 0 Å². The Balaban J connectivity index is 1.63. The highest BCUT2D eigenvalue weighted by atomic mass is 79.9. The van der Waals surface area contributed by atoms with Crippen LogP contribution in [0.25, 0.3) is 0 Å². The second-order valence-corrected chi connectivity index (χ2v) is 6.48. The highest BCUT2D eigenvalue weighted by Crippen LogP contribution is 2.64. The van der Waals surface area contributed by atoms with Gasteiger partial charge in [-0.05, 0) is 0 Å². The Morgan fingerprint density at radius 2 is 2.07 bits per heavy atom. The minimum Gasteiger partial charge on any atom is -0.304 e. The van der Waals surface area contributed by atoms with Crippen LogP contribution in [0.3, 0.4) is 0 Å². The molecule has 1 aromatic rings. The summed E-state index contributed by atoms with van der Waals surface area (Å²) in [5, 5.41) is 0. The van der Waals surface area contributed by atoms with Gasteiger partial charge in [-0.3, -0.25) is 0 Å². The van der Waals surface area contributed by atoms with Crippen LogP contribution in [0, 0.1) is 5.92 Å². The van der Waals surface area contributed by atoms with Crippen LogP contribution in [0.1, 0.15) is 12.0 Å². The molecule has 4 aliphatic rings. The molecule has 3 heterocycles. The lowest BCUT2D eigenvalue weighted by molar-refractivity contribution is -0.823. The number of nitrogens with zero attached hydrogens (tertiary/aromatic N) is 1. The number of alkyl halides is 1. The van der Waals surface area contributed by atoms with Crippen molar-refractivity contribution >= 4 is 15.9 Å². The molecule has 5 rings (SSSR count). The maximum atomic E-state index is 3.89. The third-order valence-corrected chi connectivity index (χ3v) is 6.06. The summed E-state index contributed by atoms with van der Waals surface area (Å²) < 4.78 is 1.41. The Kier molecular flexibility index (Phi) is 1.56. The van der Waals surface area contributed by atoms with Crippen molar-refractivity contribution in [1.29, 1.82) is 0 Å². The lowest BCUT2D eigenvalue weighted by atomic mass is 10.1. The number of rotatable bonds is 2. The van der Waals surface area contributed by atoms with Crippen molar-refractivity contribution in [2.75, 3.05) is 6.54 Å². The Morgan fingerprint density at radius 3 is 2.60 bits per heavy atom. The van der Waals surface area contributed by atoms with E-state index in [1.807, 2.05) is 0 Å². The van der Waals surface area contributed by atoms with Gasteiger partial charge in [-0.15, -0.1) is 0 Å². The third-order valence-electron chi connectivity index (χ3n) is 4.77. The Hall–Kier alpha value is -0.340. The molecule has 3 saturated heterocycles. The SMILES string of the molecule is Br[C@@H]1[C@H]2C[C@@H]3[C@@H]1[N+]3(Cc1ccccc1)C2. The van der Waals surface area contributed by atoms with Crippen molar-refractivity contribution in [3.63, 3.8) is 0 Å². The molecule has 78 valence electrons. The average Bonchev–Trinajstić information content (AvgIpc) is 2.55. The summed E-state index contributed by atoms with van der Waals surface area (Å²) in [6, 6.07) is 13.0. The van der Waals surface area contributed by atoms with Crippen molar-refractivity contribution in [2.24, 2.45) is 5.92 Å². The standard InChI is InChI=1S/C13H15BrN/c14-12-10-6-11-13(12)15(11,8-10)7-9-4-2-1-3-5-9/h1-5,10-13H,6-8H2/q+1/t10-,11+,12+,13-,15?/m0/s1. The molecule has 1 aromatic carbocycles. The predicted octanol–water partition coefficient (Wildman–Crippen LogP) is 2.55. The van der Waals surface area contributed by atoms with Crippen LogP contribution < -0.4 is 0 Å². The van der Waals surface area contributed by atoms with E-state index in [9.17, 15) is 0 Å². The summed E-state index contributed by atoms with van der Waals surface area (Å²) in [5.74, 6) is 0.976. The highest BCUT2D eigenvalue weighted by molar-refractivity contribution is 9.09. The zero-order valence-corrected chi connectivity index (χ0v) is 10.2. The summed E-state index contributed by atoms with van der Waals surface area (Å²) in [6.07, 6.45) is 1.48. The van der Waals surface area contributed by atoms with E-state index in [1.54, 1.807) is 0 Å². The summed E-state index contributed by atoms with van der Waals surface area (Å²) in [4.78, 5) is 0.825. The third kappa shape index (κ3) is 0.974. The van der Waals surface area contributed by atoms with Crippen molar-refractivity contribution in [3.8, 4) is 0 Å². The van der Waals surface area contributed by atoms with Gasteiger partial charge < -0.3 is 4.48 Å². The monoisotopic (exact) mass is 264 g/mol. The molecular weight excluding hydrogens is 250 g/mol. The fourth-order valence-electron chi connectivity index (χ4n) is 4.18. The first-order chi connectivity index (χ1) is 7.31. The maximum Gasteiger partial charge on any atom is 0.155 e. The van der Waals surface area contributed by atoms with Crippen LogP contribution in [0.2, 0.25) is 0 Å². The fourth-order valence-corrected chi connectivity index (χ4v) is 5.39. The topological polar surface area (TPSA) is 0 Å². The summed E-state index contributed by atoms with van der Waals surface area (Å²) in [7, 11) is 0. The Bertz CT molecular complexity index is 404. The molecule has 0 spiro atoms. The highest BCUT2D eigenvalue weighted by Gasteiger charge is 2.81. The number of benzene rings is 1. The van der Waals surface area contributed by atoms with E-state index in [0.29, 0.717) is 0 Å². The van der Waals surface area contributed by atoms with Gasteiger partial charge in [0.1, 0.15) is 12.6 Å². The zero-order valence-electron chi connectivity index (χ0n) is 8.64. The minimum absolute atomic E-state index is 0.825. The van der Waals surface area contributed by atoms with Crippen LogP contribution >= 0.6 is 15.9 Å². The van der Waals surface area contributed by atoms with Gasteiger partial charge in [-0.25, -0.2) is 0 Å². The molecule has 2 heteroatoms. The molecule has 0 N–H and O–H groups in total. The number of hydrogen-bond donors (Lipinski definition) is 0. The van der Waals surface area contributed by atoms with E-state index in [2.05, 4.69) is 46.3 Å². The summed E-state index contributed by atoms with van der Waals surface area (Å²) in [6.45, 7) is 2.70. The molecule has 1 saturated carbocycles. The van der Waals surface area contributed by atoms with Crippen LogP contribution in [-0.4, -0.2) is 27.9 Å². The van der Waals surface area contributed by atoms with Crippen molar-refractivity contribution in [3.05, 3.63) is 35.9 Å². The van der Waals surface area contributed by atoms with Crippen molar-refractivity contribution in [2.45, 2.75) is 29.9 Å². The molecule has 15 heavy (non-hydrogen) atoms. The maximum absolute atomic E-state index is 3.89. The van der Waals surface area contributed by atoms with Gasteiger partial charge in [-0.2, -0.15) is 0 Å². The van der Waals surface area contributed by atoms with Gasteiger partial charge in [0, 0.05) is 17.9 Å². The summed E-state index contributed by atoms with van der Waals surface area (Å²) in [5.41, 5.74) is 1.52. The quantitative estimate of drug-likeness (QED) is 0.438. The first-order valence-electron chi connectivity index (χ1n) is 5.86. The van der Waals surface area contributed by atoms with E-state index < -0.39 is 0 Å². The minimum atomic E-state index is 0.825. The van der Waals surface area contributed by atoms with Crippen LogP contribution in [-0.2, 0) is 6.54 Å². The lowest BCUT2D eigenvalue weighted by Crippen LogP contribution is -2.25. The Morgan fingerprint density at radius 1 is 1.27 bits per heavy atom. The molecule has 0 radical (unpaired) electrons. The number of halogens is 1. The van der Waals surface area contributed by atoms with E-state index in [0.717, 1.165) is 22.8 Å². The molecule has 1 unspecified atom stereocenters. The van der Waals surface area contributed by atoms with Gasteiger partial charge in [0.2, 0.25) is 0 Å². The first-order valence-corrected chi connectivity index (χ1v) is 6.77. The molecule has 5 atom stereocenters. The van der Waals surface area contributed by atoms with Gasteiger partial charge in [0.15, 0.2) is 6.04 Å². The smallest absolute Gasteiger partial charge is 0.155 e. The molecule has 0 amide bonds. The lowest BCUT2D eigenvalue weighted by Gasteiger charge is -2.15. The Labute approximate surface area is 98.8 Å². The van der Waals surface area contributed by atoms with Gasteiger partial charge in [0.05, 0.1) is 11.4 Å². The normalized spacial score (nSPS) is 49.7. The predicted molar refractivity (Wildman–Crippen MR) is 63.7 cm³/mol. The molecule has 1 nitrogen and oxygen atoms in total. The van der Waals surface area contributed by atoms with Gasteiger partial charge in [-0.1, -0.05) is 46.3 Å². The second kappa shape index (κ2) is 2.67. The van der Waals surface area contributed by atoms with E-state index in [1.165, 1.54) is 29.6 Å². The average molecular weight is 265 g/mol. The van der Waals surface area contributed by atoms with E-state index >= 15 is 0 Å². The first kappa shape index (κ1) is 8.77. The van der Waals surface area contributed by atoms with Crippen molar-refractivity contribution < 1.29 is 4.48 Å². The fraction of sp³-hybridized carbons (Fsp3) is 0.538. The van der Waals surface area contributed by atoms with Crippen LogP contribution in [0.15, 0.2) is 30.3 Å². The number of piperidine rings is 3. The summed E-state index contributed by atoms with van der Waals surface area (Å²) >= 11 is 3.89. The van der Waals surface area contributed by atoms with Crippen molar-refractivity contribution in [1.82, 2.24) is 0 Å². The zero-order chi connectivity index (χ0) is 10.0. The van der Waals surface area contributed by atoms with Gasteiger partial charge >= 0.3 is 0 Å². The number of hydrogen-bond acceptors (Lipinski definition) is 0. The van der Waals surface area contributed by atoms with E-state index in [-0.39, 0.29) is 0 Å². The van der Waals surface area contributed by atoms with E-state index in [4.69, 9.17) is 0 Å². The number of quaternary nitrogens is 1. The largest absolute Gasteiger partial charge is 0.304 e.